The van der Waals surface area contributed by atoms with Gasteiger partial charge in [0.1, 0.15) is 0 Å². The lowest BCUT2D eigenvalue weighted by Gasteiger charge is -2.13. The number of rotatable bonds is 2. The third-order valence-corrected chi connectivity index (χ3v) is 2.30. The zero-order valence-electron chi connectivity index (χ0n) is 8.85. The van der Waals surface area contributed by atoms with Crippen LogP contribution in [0.5, 0.6) is 0 Å². The normalized spacial score (nSPS) is 11.5. The van der Waals surface area contributed by atoms with E-state index in [1.54, 1.807) is 0 Å². The SMILES string of the molecule is O=C(O)c1ccnn1-c1ccccc1C(F)(F)F. The molecule has 1 heterocycles. The summed E-state index contributed by atoms with van der Waals surface area (Å²) in [6.07, 6.45) is -3.44. The van der Waals surface area contributed by atoms with Gasteiger partial charge < -0.3 is 5.11 Å². The molecule has 0 amide bonds. The molecule has 0 aliphatic rings. The predicted molar refractivity (Wildman–Crippen MR) is 55.5 cm³/mol. The lowest BCUT2D eigenvalue weighted by molar-refractivity contribution is -0.137. The third kappa shape index (κ3) is 2.06. The molecule has 0 bridgehead atoms. The van der Waals surface area contributed by atoms with E-state index in [0.717, 1.165) is 23.0 Å². The van der Waals surface area contributed by atoms with Crippen molar-refractivity contribution in [1.82, 2.24) is 9.78 Å². The van der Waals surface area contributed by atoms with E-state index in [1.807, 2.05) is 0 Å². The smallest absolute Gasteiger partial charge is 0.418 e. The first kappa shape index (κ1) is 12.2. The molecule has 0 aliphatic carbocycles. The van der Waals surface area contributed by atoms with Gasteiger partial charge in [0.25, 0.3) is 0 Å². The first-order chi connectivity index (χ1) is 8.41. The Balaban J connectivity index is 2.65. The molecule has 7 heteroatoms. The highest BCUT2D eigenvalue weighted by molar-refractivity contribution is 5.86. The van der Waals surface area contributed by atoms with Crippen molar-refractivity contribution in [2.24, 2.45) is 0 Å². The Bertz CT molecular complexity index is 590. The van der Waals surface area contributed by atoms with Crippen LogP contribution >= 0.6 is 0 Å². The molecular weight excluding hydrogens is 249 g/mol. The quantitative estimate of drug-likeness (QED) is 0.898. The molecule has 0 atom stereocenters. The summed E-state index contributed by atoms with van der Waals surface area (Å²) in [4.78, 5) is 10.9. The number of alkyl halides is 3. The minimum Gasteiger partial charge on any atom is -0.477 e. The number of aromatic carboxylic acids is 1. The summed E-state index contributed by atoms with van der Waals surface area (Å²) in [7, 11) is 0. The highest BCUT2D eigenvalue weighted by atomic mass is 19.4. The number of carboxylic acid groups (broad SMARTS) is 1. The lowest BCUT2D eigenvalue weighted by Crippen LogP contribution is -2.14. The average Bonchev–Trinajstić information content (AvgIpc) is 2.76. The van der Waals surface area contributed by atoms with Gasteiger partial charge in [0.05, 0.1) is 17.4 Å². The van der Waals surface area contributed by atoms with Gasteiger partial charge in [-0.2, -0.15) is 18.3 Å². The lowest BCUT2D eigenvalue weighted by atomic mass is 10.1. The van der Waals surface area contributed by atoms with Crippen LogP contribution in [-0.2, 0) is 6.18 Å². The number of benzene rings is 1. The van der Waals surface area contributed by atoms with Crippen molar-refractivity contribution >= 4 is 5.97 Å². The second kappa shape index (κ2) is 4.17. The van der Waals surface area contributed by atoms with E-state index >= 15 is 0 Å². The second-order valence-electron chi connectivity index (χ2n) is 3.45. The summed E-state index contributed by atoms with van der Waals surface area (Å²) in [5, 5.41) is 12.5. The van der Waals surface area contributed by atoms with Crippen LogP contribution in [0.25, 0.3) is 5.69 Å². The summed E-state index contributed by atoms with van der Waals surface area (Å²) in [6.45, 7) is 0. The van der Waals surface area contributed by atoms with Crippen molar-refractivity contribution in [1.29, 1.82) is 0 Å². The molecule has 1 N–H and O–H groups in total. The third-order valence-electron chi connectivity index (χ3n) is 2.30. The van der Waals surface area contributed by atoms with E-state index in [9.17, 15) is 18.0 Å². The minimum absolute atomic E-state index is 0.313. The maximum atomic E-state index is 12.8. The van der Waals surface area contributed by atoms with Crippen LogP contribution in [0.15, 0.2) is 36.5 Å². The monoisotopic (exact) mass is 256 g/mol. The van der Waals surface area contributed by atoms with E-state index in [4.69, 9.17) is 5.11 Å². The van der Waals surface area contributed by atoms with Crippen molar-refractivity contribution in [3.05, 3.63) is 47.8 Å². The summed E-state index contributed by atoms with van der Waals surface area (Å²) in [5.74, 6) is -1.34. The first-order valence-corrected chi connectivity index (χ1v) is 4.85. The maximum absolute atomic E-state index is 12.8. The number of aromatic nitrogens is 2. The number of halogens is 3. The van der Waals surface area contributed by atoms with E-state index in [0.29, 0.717) is 0 Å². The molecule has 0 saturated heterocycles. The van der Waals surface area contributed by atoms with E-state index in [1.165, 1.54) is 18.2 Å². The molecule has 0 unspecified atom stereocenters. The summed E-state index contributed by atoms with van der Waals surface area (Å²) < 4.78 is 39.1. The van der Waals surface area contributed by atoms with Gasteiger partial charge in [-0.3, -0.25) is 0 Å². The van der Waals surface area contributed by atoms with Gasteiger partial charge in [-0.15, -0.1) is 0 Å². The topological polar surface area (TPSA) is 55.1 Å². The van der Waals surface area contributed by atoms with Crippen LogP contribution in [0.3, 0.4) is 0 Å². The summed E-state index contributed by atoms with van der Waals surface area (Å²) in [6, 6.07) is 5.80. The molecule has 0 saturated carbocycles. The molecule has 4 nitrogen and oxygen atoms in total. The Hall–Kier alpha value is -2.31. The number of para-hydroxylation sites is 1. The fourth-order valence-corrected chi connectivity index (χ4v) is 1.56. The van der Waals surface area contributed by atoms with Crippen LogP contribution in [0, 0.1) is 0 Å². The number of hydrogen-bond acceptors (Lipinski definition) is 2. The minimum atomic E-state index is -4.57. The number of nitrogens with zero attached hydrogens (tertiary/aromatic N) is 2. The zero-order chi connectivity index (χ0) is 13.3. The number of hydrogen-bond donors (Lipinski definition) is 1. The number of carboxylic acids is 1. The van der Waals surface area contributed by atoms with Crippen LogP contribution in [0.4, 0.5) is 13.2 Å². The van der Waals surface area contributed by atoms with E-state index < -0.39 is 17.7 Å². The largest absolute Gasteiger partial charge is 0.477 e. The standard InChI is InChI=1S/C11H7F3N2O2/c12-11(13,14)7-3-1-2-4-8(7)16-9(10(17)18)5-6-15-16/h1-6H,(H,17,18). The molecule has 94 valence electrons. The molecule has 0 aliphatic heterocycles. The van der Waals surface area contributed by atoms with Gasteiger partial charge in [-0.05, 0) is 18.2 Å². The molecule has 2 aromatic rings. The van der Waals surface area contributed by atoms with Gasteiger partial charge in [0, 0.05) is 0 Å². The Morgan fingerprint density at radius 2 is 1.89 bits per heavy atom. The van der Waals surface area contributed by atoms with Gasteiger partial charge in [0.2, 0.25) is 0 Å². The van der Waals surface area contributed by atoms with Crippen LogP contribution < -0.4 is 0 Å². The molecule has 0 radical (unpaired) electrons. The van der Waals surface area contributed by atoms with Gasteiger partial charge >= 0.3 is 12.1 Å². The molecule has 2 rings (SSSR count). The highest BCUT2D eigenvalue weighted by Crippen LogP contribution is 2.33. The molecule has 1 aromatic carbocycles. The van der Waals surface area contributed by atoms with Gasteiger partial charge in [-0.1, -0.05) is 12.1 Å². The Morgan fingerprint density at radius 3 is 2.50 bits per heavy atom. The maximum Gasteiger partial charge on any atom is 0.418 e. The van der Waals surface area contributed by atoms with Crippen LogP contribution in [0.2, 0.25) is 0 Å². The molecule has 18 heavy (non-hydrogen) atoms. The zero-order valence-corrected chi connectivity index (χ0v) is 8.85. The van der Waals surface area contributed by atoms with Crippen molar-refractivity contribution in [2.45, 2.75) is 6.18 Å². The van der Waals surface area contributed by atoms with Gasteiger partial charge in [-0.25, -0.2) is 9.48 Å². The van der Waals surface area contributed by atoms with Crippen molar-refractivity contribution in [2.75, 3.05) is 0 Å². The van der Waals surface area contributed by atoms with Crippen LogP contribution in [-0.4, -0.2) is 20.9 Å². The average molecular weight is 256 g/mol. The Morgan fingerprint density at radius 1 is 1.22 bits per heavy atom. The molecular formula is C11H7F3N2O2. The predicted octanol–water partition coefficient (Wildman–Crippen LogP) is 2.59. The molecule has 1 aromatic heterocycles. The van der Waals surface area contributed by atoms with Crippen molar-refractivity contribution in [3.63, 3.8) is 0 Å². The second-order valence-corrected chi connectivity index (χ2v) is 3.45. The van der Waals surface area contributed by atoms with Crippen molar-refractivity contribution < 1.29 is 23.1 Å². The fraction of sp³-hybridized carbons (Fsp3) is 0.0909. The fourth-order valence-electron chi connectivity index (χ4n) is 1.56. The number of carbonyl (C=O) groups is 1. The Kier molecular flexibility index (Phi) is 2.82. The Labute approximate surface area is 99.3 Å². The van der Waals surface area contributed by atoms with Gasteiger partial charge in [0.15, 0.2) is 5.69 Å². The summed E-state index contributed by atoms with van der Waals surface area (Å²) in [5.41, 5.74) is -1.57. The van der Waals surface area contributed by atoms with E-state index in [-0.39, 0.29) is 11.4 Å². The first-order valence-electron chi connectivity index (χ1n) is 4.85. The van der Waals surface area contributed by atoms with Crippen molar-refractivity contribution in [3.8, 4) is 5.69 Å². The molecule has 0 fully saturated rings. The van der Waals surface area contributed by atoms with Crippen LogP contribution in [0.1, 0.15) is 16.1 Å². The highest BCUT2D eigenvalue weighted by Gasteiger charge is 2.34. The summed E-state index contributed by atoms with van der Waals surface area (Å²) >= 11 is 0. The van der Waals surface area contributed by atoms with E-state index in [2.05, 4.69) is 5.10 Å². The molecule has 0 spiro atoms.